The number of rotatable bonds is 6. The fourth-order valence-electron chi connectivity index (χ4n) is 1.82. The third-order valence-electron chi connectivity index (χ3n) is 3.34. The van der Waals surface area contributed by atoms with Gasteiger partial charge in [-0.25, -0.2) is 9.18 Å². The molecule has 2 atom stereocenters. The van der Waals surface area contributed by atoms with Crippen LogP contribution < -0.4 is 5.32 Å². The highest BCUT2D eigenvalue weighted by atomic mass is 19.1. The van der Waals surface area contributed by atoms with Crippen molar-refractivity contribution in [3.05, 3.63) is 29.6 Å². The van der Waals surface area contributed by atoms with E-state index in [2.05, 4.69) is 10.1 Å². The minimum Gasteiger partial charge on any atom is -0.505 e. The van der Waals surface area contributed by atoms with Gasteiger partial charge in [0.25, 0.3) is 5.91 Å². The van der Waals surface area contributed by atoms with Gasteiger partial charge in [0, 0.05) is 5.56 Å². The molecule has 1 rings (SSSR count). The fourth-order valence-corrected chi connectivity index (χ4v) is 1.82. The van der Waals surface area contributed by atoms with Crippen LogP contribution in [0.3, 0.4) is 0 Å². The van der Waals surface area contributed by atoms with Gasteiger partial charge in [-0.2, -0.15) is 0 Å². The van der Waals surface area contributed by atoms with Gasteiger partial charge in [-0.1, -0.05) is 20.3 Å². The summed E-state index contributed by atoms with van der Waals surface area (Å²) in [5.41, 5.74) is 0.0309. The topological polar surface area (TPSA) is 75.6 Å². The normalized spacial score (nSPS) is 13.3. The molecule has 2 N–H and O–H groups in total. The van der Waals surface area contributed by atoms with Crippen molar-refractivity contribution in [2.45, 2.75) is 32.7 Å². The van der Waals surface area contributed by atoms with Crippen molar-refractivity contribution in [3.63, 3.8) is 0 Å². The van der Waals surface area contributed by atoms with E-state index in [0.717, 1.165) is 18.6 Å². The molecule has 0 saturated heterocycles. The molecule has 0 saturated carbocycles. The van der Waals surface area contributed by atoms with Crippen molar-refractivity contribution < 1.29 is 23.8 Å². The van der Waals surface area contributed by atoms with E-state index in [1.165, 1.54) is 13.2 Å². The molecule has 0 bridgehead atoms. The third kappa shape index (κ3) is 4.73. The lowest BCUT2D eigenvalue weighted by Gasteiger charge is -2.19. The molecule has 5 nitrogen and oxygen atoms in total. The molecule has 0 radical (unpaired) electrons. The Morgan fingerprint density at radius 1 is 1.43 bits per heavy atom. The molecule has 0 fully saturated rings. The molecule has 0 aromatic heterocycles. The van der Waals surface area contributed by atoms with E-state index in [1.807, 2.05) is 13.8 Å². The molecule has 1 aromatic carbocycles. The Balaban J connectivity index is 2.84. The van der Waals surface area contributed by atoms with Gasteiger partial charge in [0.2, 0.25) is 0 Å². The third-order valence-corrected chi connectivity index (χ3v) is 3.34. The van der Waals surface area contributed by atoms with Gasteiger partial charge >= 0.3 is 5.97 Å². The summed E-state index contributed by atoms with van der Waals surface area (Å²) in [6, 6.07) is 2.51. The molecule has 21 heavy (non-hydrogen) atoms. The van der Waals surface area contributed by atoms with E-state index in [4.69, 9.17) is 5.11 Å². The van der Waals surface area contributed by atoms with E-state index in [1.54, 1.807) is 0 Å². The first-order valence-electron chi connectivity index (χ1n) is 6.76. The maximum Gasteiger partial charge on any atom is 0.328 e. The van der Waals surface area contributed by atoms with Crippen LogP contribution in [0.1, 0.15) is 37.0 Å². The average Bonchev–Trinajstić information content (AvgIpc) is 2.48. The highest BCUT2D eigenvalue weighted by molar-refractivity contribution is 5.96. The largest absolute Gasteiger partial charge is 0.505 e. The van der Waals surface area contributed by atoms with Crippen molar-refractivity contribution in [3.8, 4) is 5.75 Å². The van der Waals surface area contributed by atoms with E-state index in [0.29, 0.717) is 6.42 Å². The lowest BCUT2D eigenvalue weighted by atomic mass is 9.99. The Morgan fingerprint density at radius 3 is 2.62 bits per heavy atom. The highest BCUT2D eigenvalue weighted by Gasteiger charge is 2.24. The quantitative estimate of drug-likeness (QED) is 0.790. The van der Waals surface area contributed by atoms with Crippen LogP contribution in [0.2, 0.25) is 0 Å². The number of esters is 1. The average molecular weight is 297 g/mol. The first kappa shape index (κ1) is 16.9. The molecule has 0 aliphatic heterocycles. The number of phenols is 1. The first-order chi connectivity index (χ1) is 9.88. The fraction of sp³-hybridized carbons (Fsp3) is 0.467. The second-order valence-electron chi connectivity index (χ2n) is 4.96. The summed E-state index contributed by atoms with van der Waals surface area (Å²) in [5, 5.41) is 11.6. The molecule has 0 heterocycles. The van der Waals surface area contributed by atoms with Gasteiger partial charge in [0.15, 0.2) is 11.6 Å². The van der Waals surface area contributed by atoms with Crippen molar-refractivity contribution in [1.82, 2.24) is 5.32 Å². The van der Waals surface area contributed by atoms with Gasteiger partial charge in [0.1, 0.15) is 6.04 Å². The number of hydrogen-bond acceptors (Lipinski definition) is 4. The molecule has 1 aromatic rings. The summed E-state index contributed by atoms with van der Waals surface area (Å²) in [5.74, 6) is -2.32. The SMILES string of the molecule is CCC(C)CC(NC(=O)c1ccc(O)c(F)c1)C(=O)OC. The smallest absolute Gasteiger partial charge is 0.328 e. The van der Waals surface area contributed by atoms with E-state index in [9.17, 15) is 14.0 Å². The van der Waals surface area contributed by atoms with Crippen molar-refractivity contribution >= 4 is 11.9 Å². The number of carbonyl (C=O) groups is 2. The Bertz CT molecular complexity index is 518. The van der Waals surface area contributed by atoms with Gasteiger partial charge < -0.3 is 15.2 Å². The molecular weight excluding hydrogens is 277 g/mol. The Morgan fingerprint density at radius 2 is 2.10 bits per heavy atom. The van der Waals surface area contributed by atoms with Crippen LogP contribution >= 0.6 is 0 Å². The van der Waals surface area contributed by atoms with Crippen LogP contribution in [-0.2, 0) is 9.53 Å². The van der Waals surface area contributed by atoms with Crippen LogP contribution in [0.25, 0.3) is 0 Å². The molecule has 0 aliphatic carbocycles. The number of halogens is 1. The zero-order valence-corrected chi connectivity index (χ0v) is 12.4. The van der Waals surface area contributed by atoms with Crippen LogP contribution in [0.4, 0.5) is 4.39 Å². The van der Waals surface area contributed by atoms with Crippen LogP contribution in [-0.4, -0.2) is 30.1 Å². The lowest BCUT2D eigenvalue weighted by molar-refractivity contribution is -0.143. The predicted octanol–water partition coefficient (Wildman–Crippen LogP) is 2.24. The lowest BCUT2D eigenvalue weighted by Crippen LogP contribution is -2.42. The molecule has 6 heteroatoms. The van der Waals surface area contributed by atoms with Crippen molar-refractivity contribution in [2.75, 3.05) is 7.11 Å². The summed E-state index contributed by atoms with van der Waals surface area (Å²) < 4.78 is 17.9. The van der Waals surface area contributed by atoms with Gasteiger partial charge in [-0.05, 0) is 30.5 Å². The molecule has 0 aliphatic rings. The van der Waals surface area contributed by atoms with Gasteiger partial charge in [-0.3, -0.25) is 4.79 Å². The molecule has 116 valence electrons. The summed E-state index contributed by atoms with van der Waals surface area (Å²) >= 11 is 0. The minimum atomic E-state index is -0.890. The number of nitrogens with one attached hydrogen (secondary N) is 1. The first-order valence-corrected chi connectivity index (χ1v) is 6.76. The monoisotopic (exact) mass is 297 g/mol. The summed E-state index contributed by atoms with van der Waals surface area (Å²) in [7, 11) is 1.25. The Kier molecular flexibility index (Phi) is 6.14. The second kappa shape index (κ2) is 7.61. The summed E-state index contributed by atoms with van der Waals surface area (Å²) in [6.45, 7) is 3.94. The predicted molar refractivity (Wildman–Crippen MR) is 75.4 cm³/mol. The zero-order chi connectivity index (χ0) is 16.0. The summed E-state index contributed by atoms with van der Waals surface area (Å²) in [6.07, 6.45) is 1.30. The summed E-state index contributed by atoms with van der Waals surface area (Å²) in [4.78, 5) is 23.7. The highest BCUT2D eigenvalue weighted by Crippen LogP contribution is 2.17. The number of aromatic hydroxyl groups is 1. The Hall–Kier alpha value is -2.11. The van der Waals surface area contributed by atoms with Crippen LogP contribution in [0.15, 0.2) is 18.2 Å². The number of carbonyl (C=O) groups excluding carboxylic acids is 2. The van der Waals surface area contributed by atoms with Crippen LogP contribution in [0.5, 0.6) is 5.75 Å². The number of ether oxygens (including phenoxy) is 1. The van der Waals surface area contributed by atoms with E-state index < -0.39 is 29.5 Å². The number of hydrogen-bond donors (Lipinski definition) is 2. The maximum atomic E-state index is 13.2. The zero-order valence-electron chi connectivity index (χ0n) is 12.4. The molecule has 1 amide bonds. The van der Waals surface area contributed by atoms with Crippen molar-refractivity contribution in [1.29, 1.82) is 0 Å². The minimum absolute atomic E-state index is 0.0309. The molecule has 2 unspecified atom stereocenters. The molecule has 0 spiro atoms. The molecular formula is C15H20FNO4. The number of methoxy groups -OCH3 is 1. The standard InChI is InChI=1S/C15H20FNO4/c1-4-9(2)7-12(15(20)21-3)17-14(19)10-5-6-13(18)11(16)8-10/h5-6,8-9,12,18H,4,7H2,1-3H3,(H,17,19). The number of benzene rings is 1. The number of amides is 1. The Labute approximate surface area is 123 Å². The van der Waals surface area contributed by atoms with Crippen molar-refractivity contribution in [2.24, 2.45) is 5.92 Å². The van der Waals surface area contributed by atoms with Gasteiger partial charge in [-0.15, -0.1) is 0 Å². The maximum absolute atomic E-state index is 13.2. The number of phenolic OH excluding ortho intramolecular Hbond substituents is 1. The second-order valence-corrected chi connectivity index (χ2v) is 4.96. The van der Waals surface area contributed by atoms with E-state index in [-0.39, 0.29) is 11.5 Å². The van der Waals surface area contributed by atoms with Gasteiger partial charge in [0.05, 0.1) is 7.11 Å². The van der Waals surface area contributed by atoms with E-state index >= 15 is 0 Å². The van der Waals surface area contributed by atoms with Crippen LogP contribution in [0, 0.1) is 11.7 Å².